The number of phosphoric ester groups is 1. The minimum atomic E-state index is -4.25. The number of hydrogen-bond acceptors (Lipinski definition) is 4. The van der Waals surface area contributed by atoms with Gasteiger partial charge in [0.2, 0.25) is 0 Å². The molecule has 0 saturated carbocycles. The van der Waals surface area contributed by atoms with E-state index in [-0.39, 0.29) is 11.5 Å². The highest BCUT2D eigenvalue weighted by molar-refractivity contribution is 7.50. The van der Waals surface area contributed by atoms with Crippen LogP contribution in [0.4, 0.5) is 0 Å². The Hall–Kier alpha value is -0.320. The first-order valence-corrected chi connectivity index (χ1v) is 9.91. The van der Waals surface area contributed by atoms with Gasteiger partial charge in [0, 0.05) is 11.1 Å². The Bertz CT molecular complexity index is 683. The zero-order valence-corrected chi connectivity index (χ0v) is 16.4. The van der Waals surface area contributed by atoms with Crippen LogP contribution in [0.15, 0.2) is 48.5 Å². The molecule has 0 aliphatic rings. The molecule has 0 aliphatic heterocycles. The van der Waals surface area contributed by atoms with E-state index in [1.165, 1.54) is 12.1 Å². The van der Waals surface area contributed by atoms with Gasteiger partial charge >= 0.3 is 7.82 Å². The molecule has 130 valence electrons. The molecule has 0 aliphatic carbocycles. The molecule has 0 heterocycles. The summed E-state index contributed by atoms with van der Waals surface area (Å²) in [5.41, 5.74) is 0.749. The Kier molecular flexibility index (Phi) is 7.39. The number of rotatable bonds is 7. The lowest BCUT2D eigenvalue weighted by Crippen LogP contribution is -2.04. The molecule has 0 saturated heterocycles. The van der Waals surface area contributed by atoms with Gasteiger partial charge in [0.15, 0.2) is 0 Å². The molecule has 4 nitrogen and oxygen atoms in total. The van der Waals surface area contributed by atoms with Crippen molar-refractivity contribution in [3.05, 3.63) is 59.7 Å². The predicted octanol–water partition coefficient (Wildman–Crippen LogP) is 7.38. The number of phosphoric acid groups is 1. The summed E-state index contributed by atoms with van der Waals surface area (Å²) in [4.78, 5) is -1.82. The van der Waals surface area contributed by atoms with Crippen LogP contribution in [0.25, 0.3) is 0 Å². The van der Waals surface area contributed by atoms with E-state index in [0.717, 1.165) is 0 Å². The van der Waals surface area contributed by atoms with Gasteiger partial charge in [-0.3, -0.25) is 0 Å². The second kappa shape index (κ2) is 8.86. The smallest absolute Gasteiger partial charge is 0.394 e. The maximum absolute atomic E-state index is 12.7. The molecule has 2 aromatic rings. The highest BCUT2D eigenvalue weighted by Crippen LogP contribution is 2.53. The fourth-order valence-electron chi connectivity index (χ4n) is 1.78. The Morgan fingerprint density at radius 1 is 0.750 bits per heavy atom. The number of para-hydroxylation sites is 2. The van der Waals surface area contributed by atoms with Crippen molar-refractivity contribution in [2.24, 2.45) is 0 Å². The summed E-state index contributed by atoms with van der Waals surface area (Å²) in [5.74, 6) is 0.199. The van der Waals surface area contributed by atoms with Crippen LogP contribution < -0.4 is 9.05 Å². The Labute approximate surface area is 164 Å². The van der Waals surface area contributed by atoms with Crippen LogP contribution in [0, 0.1) is 0 Å². The predicted molar refractivity (Wildman–Crippen MR) is 97.6 cm³/mol. The van der Waals surface area contributed by atoms with E-state index in [9.17, 15) is 4.57 Å². The Morgan fingerprint density at radius 2 is 1.12 bits per heavy atom. The standard InChI is InChI=1S/C14H10Cl5O4P/c15-13(16)9-5-1-3-7-11(9)21-24(20,23-19)22-12-8-4-2-6-10(12)14(17)18/h1-8,13-14H. The molecule has 24 heavy (non-hydrogen) atoms. The maximum atomic E-state index is 12.7. The summed E-state index contributed by atoms with van der Waals surface area (Å²) in [7, 11) is -4.25. The van der Waals surface area contributed by atoms with E-state index in [0.29, 0.717) is 11.1 Å². The van der Waals surface area contributed by atoms with Gasteiger partial charge in [0.1, 0.15) is 21.2 Å². The van der Waals surface area contributed by atoms with Gasteiger partial charge in [0.05, 0.1) is 11.9 Å². The van der Waals surface area contributed by atoms with Crippen LogP contribution in [0.3, 0.4) is 0 Å². The van der Waals surface area contributed by atoms with Gasteiger partial charge in [-0.15, -0.1) is 0 Å². The minimum absolute atomic E-state index is 0.0993. The zero-order chi connectivity index (χ0) is 17.7. The molecule has 2 aromatic carbocycles. The van der Waals surface area contributed by atoms with Crippen LogP contribution >= 0.6 is 66.1 Å². The van der Waals surface area contributed by atoms with Crippen molar-refractivity contribution in [1.82, 2.24) is 0 Å². The van der Waals surface area contributed by atoms with Gasteiger partial charge < -0.3 is 9.05 Å². The molecule has 0 radical (unpaired) electrons. The van der Waals surface area contributed by atoms with E-state index >= 15 is 0 Å². The molecule has 0 unspecified atom stereocenters. The minimum Gasteiger partial charge on any atom is -0.394 e. The van der Waals surface area contributed by atoms with Crippen LogP contribution in [0.2, 0.25) is 0 Å². The van der Waals surface area contributed by atoms with Crippen LogP contribution in [0.5, 0.6) is 11.5 Å². The Balaban J connectivity index is 2.32. The second-order valence-electron chi connectivity index (χ2n) is 4.38. The van der Waals surface area contributed by atoms with Crippen LogP contribution in [0.1, 0.15) is 20.8 Å². The van der Waals surface area contributed by atoms with E-state index in [1.807, 2.05) is 0 Å². The van der Waals surface area contributed by atoms with Crippen LogP contribution in [-0.4, -0.2) is 0 Å². The Morgan fingerprint density at radius 3 is 1.46 bits per heavy atom. The van der Waals surface area contributed by atoms with Crippen LogP contribution in [-0.2, 0) is 8.64 Å². The molecule has 0 N–H and O–H groups in total. The first kappa shape index (κ1) is 20.0. The van der Waals surface area contributed by atoms with Crippen molar-refractivity contribution in [2.75, 3.05) is 0 Å². The molecule has 0 fully saturated rings. The molecule has 10 heteroatoms. The molecule has 0 amide bonds. The van der Waals surface area contributed by atoms with E-state index in [1.54, 1.807) is 36.4 Å². The fourth-order valence-corrected chi connectivity index (χ4v) is 3.57. The normalized spacial score (nSPS) is 11.8. The molecular formula is C14H10Cl5O4P. The molecule has 0 aromatic heterocycles. The average Bonchev–Trinajstić information content (AvgIpc) is 2.55. The average molecular weight is 450 g/mol. The summed E-state index contributed by atoms with van der Waals surface area (Å²) in [5, 5.41) is 0. The lowest BCUT2D eigenvalue weighted by molar-refractivity contribution is 0.306. The third kappa shape index (κ3) is 5.09. The molecule has 0 bridgehead atoms. The third-order valence-corrected chi connectivity index (χ3v) is 5.27. The molecular weight excluding hydrogens is 440 g/mol. The van der Waals surface area contributed by atoms with Gasteiger partial charge in [0.25, 0.3) is 0 Å². The number of alkyl halides is 4. The van der Waals surface area contributed by atoms with Crippen molar-refractivity contribution in [1.29, 1.82) is 0 Å². The third-order valence-electron chi connectivity index (χ3n) is 2.81. The first-order chi connectivity index (χ1) is 11.4. The lowest BCUT2D eigenvalue weighted by Gasteiger charge is -2.19. The zero-order valence-electron chi connectivity index (χ0n) is 11.7. The monoisotopic (exact) mass is 448 g/mol. The fraction of sp³-hybridized carbons (Fsp3) is 0.143. The van der Waals surface area contributed by atoms with E-state index < -0.39 is 17.5 Å². The summed E-state index contributed by atoms with van der Waals surface area (Å²) >= 11 is 28.7. The summed E-state index contributed by atoms with van der Waals surface area (Å²) in [6.45, 7) is 0. The molecule has 0 atom stereocenters. The first-order valence-electron chi connectivity index (χ1n) is 6.40. The number of benzene rings is 2. The van der Waals surface area contributed by atoms with Gasteiger partial charge in [-0.05, 0) is 12.1 Å². The molecule has 2 rings (SSSR count). The molecule has 0 spiro atoms. The van der Waals surface area contributed by atoms with Gasteiger partial charge in [-0.25, -0.2) is 4.57 Å². The highest BCUT2D eigenvalue weighted by atomic mass is 35.5. The number of halogens is 5. The lowest BCUT2D eigenvalue weighted by atomic mass is 10.2. The summed E-state index contributed by atoms with van der Waals surface area (Å²) < 4.78 is 27.7. The van der Waals surface area contributed by atoms with Crippen molar-refractivity contribution >= 4 is 66.1 Å². The van der Waals surface area contributed by atoms with E-state index in [2.05, 4.69) is 4.08 Å². The topological polar surface area (TPSA) is 44.8 Å². The second-order valence-corrected chi connectivity index (χ2v) is 8.38. The quantitative estimate of drug-likeness (QED) is 0.326. The number of hydrogen-bond donors (Lipinski definition) is 0. The van der Waals surface area contributed by atoms with Gasteiger partial charge in [-0.1, -0.05) is 82.8 Å². The van der Waals surface area contributed by atoms with Crippen molar-refractivity contribution in [2.45, 2.75) is 9.67 Å². The largest absolute Gasteiger partial charge is 0.604 e. The SMILES string of the molecule is O=P(OCl)(Oc1ccccc1C(Cl)Cl)Oc1ccccc1C(Cl)Cl. The van der Waals surface area contributed by atoms with Gasteiger partial charge in [-0.2, -0.15) is 4.08 Å². The summed E-state index contributed by atoms with van der Waals surface area (Å²) in [6, 6.07) is 12.8. The van der Waals surface area contributed by atoms with Crippen molar-refractivity contribution < 1.29 is 17.7 Å². The van der Waals surface area contributed by atoms with E-state index in [4.69, 9.17) is 67.3 Å². The summed E-state index contributed by atoms with van der Waals surface area (Å²) in [6.07, 6.45) is 0. The van der Waals surface area contributed by atoms with Crippen molar-refractivity contribution in [3.63, 3.8) is 0 Å². The highest BCUT2D eigenvalue weighted by Gasteiger charge is 2.33. The van der Waals surface area contributed by atoms with Crippen molar-refractivity contribution in [3.8, 4) is 11.5 Å². The maximum Gasteiger partial charge on any atom is 0.604 e.